The first-order valence-electron chi connectivity index (χ1n) is 7.75. The van der Waals surface area contributed by atoms with Crippen LogP contribution >= 0.6 is 11.3 Å². The number of carbonyl (C=O) groups excluding carboxylic acids is 1. The number of nitrogens with zero attached hydrogens (tertiary/aromatic N) is 2. The molecule has 0 bridgehead atoms. The summed E-state index contributed by atoms with van der Waals surface area (Å²) in [6.45, 7) is 6.04. The van der Waals surface area contributed by atoms with Crippen molar-refractivity contribution >= 4 is 17.3 Å². The number of thiazole rings is 1. The van der Waals surface area contributed by atoms with Gasteiger partial charge in [-0.15, -0.1) is 11.3 Å². The third-order valence-electron chi connectivity index (χ3n) is 3.67. The number of carbonyl (C=O) groups is 1. The highest BCUT2D eigenvalue weighted by Crippen LogP contribution is 2.18. The van der Waals surface area contributed by atoms with Gasteiger partial charge in [0.1, 0.15) is 29.7 Å². The molecule has 2 heterocycles. The van der Waals surface area contributed by atoms with Gasteiger partial charge in [0.25, 0.3) is 0 Å². The summed E-state index contributed by atoms with van der Waals surface area (Å²) in [4.78, 5) is 16.4. The van der Waals surface area contributed by atoms with Gasteiger partial charge in [0.15, 0.2) is 5.69 Å². The van der Waals surface area contributed by atoms with E-state index in [0.717, 1.165) is 17.0 Å². The summed E-state index contributed by atoms with van der Waals surface area (Å²) in [5.41, 5.74) is 2.95. The number of benzene rings is 1. The van der Waals surface area contributed by atoms with E-state index in [1.165, 1.54) is 16.9 Å². The normalized spacial score (nSPS) is 10.7. The fourth-order valence-electron chi connectivity index (χ4n) is 2.17. The van der Waals surface area contributed by atoms with E-state index in [9.17, 15) is 4.79 Å². The van der Waals surface area contributed by atoms with Gasteiger partial charge in [-0.1, -0.05) is 22.9 Å². The Bertz CT molecular complexity index is 848. The smallest absolute Gasteiger partial charge is 0.358 e. The van der Waals surface area contributed by atoms with E-state index in [1.54, 1.807) is 12.3 Å². The summed E-state index contributed by atoms with van der Waals surface area (Å²) in [5.74, 6) is 0.942. The zero-order valence-corrected chi connectivity index (χ0v) is 15.1. The van der Waals surface area contributed by atoms with E-state index in [2.05, 4.69) is 10.1 Å². The molecule has 0 saturated carbocycles. The molecule has 0 aliphatic rings. The van der Waals surface area contributed by atoms with Crippen LogP contribution in [0.1, 0.15) is 38.1 Å². The molecule has 0 aliphatic heterocycles. The van der Waals surface area contributed by atoms with Crippen LogP contribution in [-0.4, -0.2) is 16.1 Å². The SMILES string of the molecule is Cc1ccc(OCc2nc(C(=O)OCc3c(C)noc3C)cs2)cc1. The molecule has 0 spiro atoms. The molecular weight excluding hydrogens is 340 g/mol. The summed E-state index contributed by atoms with van der Waals surface area (Å²) in [6, 6.07) is 7.77. The first kappa shape index (κ1) is 17.2. The number of aromatic nitrogens is 2. The van der Waals surface area contributed by atoms with E-state index >= 15 is 0 Å². The van der Waals surface area contributed by atoms with Crippen molar-refractivity contribution in [2.24, 2.45) is 0 Å². The second-order valence-corrected chi connectivity index (χ2v) is 6.55. The maximum absolute atomic E-state index is 12.1. The second kappa shape index (κ2) is 7.48. The van der Waals surface area contributed by atoms with Crippen LogP contribution in [0.25, 0.3) is 0 Å². The number of ether oxygens (including phenoxy) is 2. The monoisotopic (exact) mass is 358 g/mol. The van der Waals surface area contributed by atoms with Crippen molar-refractivity contribution in [2.45, 2.75) is 34.0 Å². The highest BCUT2D eigenvalue weighted by molar-refractivity contribution is 7.09. The molecule has 6 nitrogen and oxygen atoms in total. The van der Waals surface area contributed by atoms with Crippen molar-refractivity contribution in [3.63, 3.8) is 0 Å². The zero-order valence-electron chi connectivity index (χ0n) is 14.2. The molecule has 3 aromatic rings. The van der Waals surface area contributed by atoms with Crippen LogP contribution < -0.4 is 4.74 Å². The lowest BCUT2D eigenvalue weighted by atomic mass is 10.2. The van der Waals surface area contributed by atoms with Crippen LogP contribution in [0.5, 0.6) is 5.75 Å². The highest BCUT2D eigenvalue weighted by Gasteiger charge is 2.16. The Labute approximate surface area is 149 Å². The summed E-state index contributed by atoms with van der Waals surface area (Å²) < 4.78 is 16.0. The lowest BCUT2D eigenvalue weighted by Crippen LogP contribution is -2.07. The molecule has 7 heteroatoms. The van der Waals surface area contributed by atoms with Gasteiger partial charge in [0, 0.05) is 5.38 Å². The fraction of sp³-hybridized carbons (Fsp3) is 0.278. The van der Waals surface area contributed by atoms with E-state index in [-0.39, 0.29) is 12.3 Å². The van der Waals surface area contributed by atoms with E-state index in [4.69, 9.17) is 14.0 Å². The second-order valence-electron chi connectivity index (χ2n) is 5.61. The van der Waals surface area contributed by atoms with Crippen LogP contribution in [0.2, 0.25) is 0 Å². The van der Waals surface area contributed by atoms with Gasteiger partial charge in [-0.2, -0.15) is 0 Å². The predicted octanol–water partition coefficient (Wildman–Crippen LogP) is 3.99. The van der Waals surface area contributed by atoms with Gasteiger partial charge in [0.2, 0.25) is 0 Å². The summed E-state index contributed by atoms with van der Waals surface area (Å²) >= 11 is 1.36. The number of hydrogen-bond acceptors (Lipinski definition) is 7. The topological polar surface area (TPSA) is 74.5 Å². The molecule has 0 saturated heterocycles. The summed E-state index contributed by atoms with van der Waals surface area (Å²) in [6.07, 6.45) is 0. The summed E-state index contributed by atoms with van der Waals surface area (Å²) in [7, 11) is 0. The molecule has 0 unspecified atom stereocenters. The lowest BCUT2D eigenvalue weighted by molar-refractivity contribution is 0.0464. The minimum absolute atomic E-state index is 0.118. The Morgan fingerprint density at radius 2 is 1.92 bits per heavy atom. The number of aryl methyl sites for hydroxylation is 3. The fourth-order valence-corrected chi connectivity index (χ4v) is 2.84. The molecule has 0 fully saturated rings. The molecule has 0 N–H and O–H groups in total. The van der Waals surface area contributed by atoms with Crippen molar-refractivity contribution in [3.05, 3.63) is 62.9 Å². The van der Waals surface area contributed by atoms with Gasteiger partial charge in [-0.25, -0.2) is 9.78 Å². The molecule has 1 aromatic carbocycles. The average molecular weight is 358 g/mol. The Morgan fingerprint density at radius 1 is 1.16 bits per heavy atom. The van der Waals surface area contributed by atoms with E-state index in [1.807, 2.05) is 38.1 Å². The number of esters is 1. The number of hydrogen-bond donors (Lipinski definition) is 0. The minimum atomic E-state index is -0.474. The van der Waals surface area contributed by atoms with Gasteiger partial charge < -0.3 is 14.0 Å². The molecule has 0 aliphatic carbocycles. The molecule has 0 atom stereocenters. The van der Waals surface area contributed by atoms with Crippen LogP contribution in [0, 0.1) is 20.8 Å². The van der Waals surface area contributed by atoms with Crippen LogP contribution in [0.4, 0.5) is 0 Å². The largest absolute Gasteiger partial charge is 0.486 e. The van der Waals surface area contributed by atoms with Crippen molar-refractivity contribution in [1.82, 2.24) is 10.1 Å². The van der Waals surface area contributed by atoms with Crippen LogP contribution in [0.15, 0.2) is 34.2 Å². The van der Waals surface area contributed by atoms with Crippen molar-refractivity contribution in [3.8, 4) is 5.75 Å². The lowest BCUT2D eigenvalue weighted by Gasteiger charge is -2.04. The van der Waals surface area contributed by atoms with Gasteiger partial charge >= 0.3 is 5.97 Å². The van der Waals surface area contributed by atoms with Crippen molar-refractivity contribution in [2.75, 3.05) is 0 Å². The minimum Gasteiger partial charge on any atom is -0.486 e. The van der Waals surface area contributed by atoms with Crippen LogP contribution in [0.3, 0.4) is 0 Å². The predicted molar refractivity (Wildman–Crippen MR) is 92.7 cm³/mol. The maximum Gasteiger partial charge on any atom is 0.358 e. The first-order valence-corrected chi connectivity index (χ1v) is 8.63. The van der Waals surface area contributed by atoms with E-state index < -0.39 is 5.97 Å². The molecule has 2 aromatic heterocycles. The molecule has 25 heavy (non-hydrogen) atoms. The average Bonchev–Trinajstić information content (AvgIpc) is 3.20. The Hall–Kier alpha value is -2.67. The van der Waals surface area contributed by atoms with Gasteiger partial charge in [-0.05, 0) is 32.9 Å². The van der Waals surface area contributed by atoms with Crippen molar-refractivity contribution < 1.29 is 18.8 Å². The Kier molecular flexibility index (Phi) is 5.14. The summed E-state index contributed by atoms with van der Waals surface area (Å²) in [5, 5.41) is 6.22. The molecule has 130 valence electrons. The maximum atomic E-state index is 12.1. The third kappa shape index (κ3) is 4.24. The highest BCUT2D eigenvalue weighted by atomic mass is 32.1. The number of rotatable bonds is 6. The zero-order chi connectivity index (χ0) is 17.8. The van der Waals surface area contributed by atoms with Crippen LogP contribution in [-0.2, 0) is 18.0 Å². The molecular formula is C18H18N2O4S. The van der Waals surface area contributed by atoms with Gasteiger partial charge in [-0.3, -0.25) is 0 Å². The standard InChI is InChI=1S/C18H18N2O4S/c1-11-4-6-14(7-5-11)22-9-17-19-16(10-25-17)18(21)23-8-15-12(2)20-24-13(15)3/h4-7,10H,8-9H2,1-3H3. The molecule has 0 amide bonds. The Morgan fingerprint density at radius 3 is 2.60 bits per heavy atom. The first-order chi connectivity index (χ1) is 12.0. The third-order valence-corrected chi connectivity index (χ3v) is 4.50. The van der Waals surface area contributed by atoms with E-state index in [0.29, 0.717) is 17.4 Å². The van der Waals surface area contributed by atoms with Gasteiger partial charge in [0.05, 0.1) is 11.3 Å². The molecule has 3 rings (SSSR count). The van der Waals surface area contributed by atoms with Crippen molar-refractivity contribution in [1.29, 1.82) is 0 Å². The quantitative estimate of drug-likeness (QED) is 0.620. The molecule has 0 radical (unpaired) electrons. The Balaban J connectivity index is 1.55.